The standard InChI is InChI=1S/C19H21N7O/c27-19(15-3-1-13(2-4-15)11-26-12-20-23-24-26)25-9-7-16-17(8-10-25)21-22-18(16)14-5-6-14/h1-4,12,14H,5-11H2,(H,21,22). The quantitative estimate of drug-likeness (QED) is 0.759. The molecule has 138 valence electrons. The van der Waals surface area contributed by atoms with E-state index in [1.807, 2.05) is 29.2 Å². The van der Waals surface area contributed by atoms with Crippen LogP contribution in [0.4, 0.5) is 0 Å². The number of nitrogens with zero attached hydrogens (tertiary/aromatic N) is 6. The molecule has 0 spiro atoms. The van der Waals surface area contributed by atoms with Crippen molar-refractivity contribution < 1.29 is 4.79 Å². The van der Waals surface area contributed by atoms with Crippen LogP contribution in [0.1, 0.15) is 51.6 Å². The summed E-state index contributed by atoms with van der Waals surface area (Å²) in [5.41, 5.74) is 5.59. The van der Waals surface area contributed by atoms with E-state index in [0.717, 1.165) is 37.1 Å². The lowest BCUT2D eigenvalue weighted by Crippen LogP contribution is -2.33. The minimum atomic E-state index is 0.0926. The van der Waals surface area contributed by atoms with Crippen molar-refractivity contribution in [2.45, 2.75) is 38.1 Å². The lowest BCUT2D eigenvalue weighted by Gasteiger charge is -2.20. The molecule has 3 aromatic rings. The first-order valence-electron chi connectivity index (χ1n) is 9.43. The number of hydrogen-bond acceptors (Lipinski definition) is 5. The van der Waals surface area contributed by atoms with Crippen LogP contribution in [0.2, 0.25) is 0 Å². The average molecular weight is 363 g/mol. The van der Waals surface area contributed by atoms with Gasteiger partial charge in [0.1, 0.15) is 6.33 Å². The van der Waals surface area contributed by atoms with Crippen molar-refractivity contribution in [3.8, 4) is 0 Å². The number of carbonyl (C=O) groups is 1. The van der Waals surface area contributed by atoms with Gasteiger partial charge in [-0.2, -0.15) is 5.10 Å². The summed E-state index contributed by atoms with van der Waals surface area (Å²) < 4.78 is 1.66. The minimum absolute atomic E-state index is 0.0926. The van der Waals surface area contributed by atoms with Gasteiger partial charge in [-0.25, -0.2) is 4.68 Å². The summed E-state index contributed by atoms with van der Waals surface area (Å²) >= 11 is 0. The number of fused-ring (bicyclic) bond motifs is 1. The molecule has 1 aliphatic heterocycles. The summed E-state index contributed by atoms with van der Waals surface area (Å²) in [6, 6.07) is 7.71. The molecule has 2 aliphatic rings. The van der Waals surface area contributed by atoms with E-state index in [9.17, 15) is 4.79 Å². The maximum atomic E-state index is 12.9. The molecule has 1 aromatic carbocycles. The number of H-pyrrole nitrogens is 1. The largest absolute Gasteiger partial charge is 0.338 e. The molecule has 27 heavy (non-hydrogen) atoms. The Bertz CT molecular complexity index is 941. The van der Waals surface area contributed by atoms with Gasteiger partial charge < -0.3 is 4.90 Å². The number of carbonyl (C=O) groups excluding carboxylic acids is 1. The van der Waals surface area contributed by atoms with Gasteiger partial charge in [-0.15, -0.1) is 5.10 Å². The highest BCUT2D eigenvalue weighted by Gasteiger charge is 2.31. The van der Waals surface area contributed by atoms with Crippen LogP contribution in [-0.2, 0) is 19.4 Å². The van der Waals surface area contributed by atoms with E-state index >= 15 is 0 Å². The van der Waals surface area contributed by atoms with Gasteiger partial charge in [0.15, 0.2) is 0 Å². The van der Waals surface area contributed by atoms with Crippen molar-refractivity contribution in [3.05, 3.63) is 58.7 Å². The average Bonchev–Trinajstić information content (AvgIpc) is 3.34. The zero-order chi connectivity index (χ0) is 18.2. The Morgan fingerprint density at radius 2 is 1.96 bits per heavy atom. The van der Waals surface area contributed by atoms with Gasteiger partial charge in [-0.3, -0.25) is 9.89 Å². The summed E-state index contributed by atoms with van der Waals surface area (Å²) in [6.45, 7) is 2.07. The Kier molecular flexibility index (Phi) is 3.95. The molecule has 0 saturated heterocycles. The topological polar surface area (TPSA) is 92.6 Å². The predicted molar refractivity (Wildman–Crippen MR) is 97.2 cm³/mol. The van der Waals surface area contributed by atoms with Crippen molar-refractivity contribution in [2.24, 2.45) is 0 Å². The molecule has 0 radical (unpaired) electrons. The van der Waals surface area contributed by atoms with Gasteiger partial charge in [0.25, 0.3) is 5.91 Å². The first-order chi connectivity index (χ1) is 13.3. The van der Waals surface area contributed by atoms with Crippen molar-refractivity contribution in [2.75, 3.05) is 13.1 Å². The molecule has 1 aliphatic carbocycles. The zero-order valence-corrected chi connectivity index (χ0v) is 15.0. The minimum Gasteiger partial charge on any atom is -0.338 e. The van der Waals surface area contributed by atoms with Gasteiger partial charge in [0.05, 0.1) is 12.2 Å². The lowest BCUT2D eigenvalue weighted by molar-refractivity contribution is 0.0762. The van der Waals surface area contributed by atoms with Crippen molar-refractivity contribution in [1.82, 2.24) is 35.3 Å². The summed E-state index contributed by atoms with van der Waals surface area (Å²) in [5.74, 6) is 0.732. The lowest BCUT2D eigenvalue weighted by atomic mass is 10.1. The predicted octanol–water partition coefficient (Wildman–Crippen LogP) is 1.56. The Hall–Kier alpha value is -3.03. The molecule has 8 nitrogen and oxygen atoms in total. The molecule has 1 fully saturated rings. The smallest absolute Gasteiger partial charge is 0.253 e. The number of aromatic amines is 1. The van der Waals surface area contributed by atoms with Gasteiger partial charge in [-0.05, 0) is 52.9 Å². The van der Waals surface area contributed by atoms with E-state index in [0.29, 0.717) is 12.5 Å². The van der Waals surface area contributed by atoms with E-state index < -0.39 is 0 Å². The Morgan fingerprint density at radius 1 is 1.15 bits per heavy atom. The fourth-order valence-corrected chi connectivity index (χ4v) is 3.78. The van der Waals surface area contributed by atoms with Gasteiger partial charge in [0, 0.05) is 36.7 Å². The van der Waals surface area contributed by atoms with E-state index in [1.54, 1.807) is 11.0 Å². The van der Waals surface area contributed by atoms with Crippen LogP contribution in [0.15, 0.2) is 30.6 Å². The Morgan fingerprint density at radius 3 is 2.70 bits per heavy atom. The van der Waals surface area contributed by atoms with Crippen LogP contribution >= 0.6 is 0 Å². The Balaban J connectivity index is 1.27. The maximum absolute atomic E-state index is 12.9. The zero-order valence-electron chi connectivity index (χ0n) is 15.0. The van der Waals surface area contributed by atoms with Crippen LogP contribution < -0.4 is 0 Å². The maximum Gasteiger partial charge on any atom is 0.253 e. The third-order valence-electron chi connectivity index (χ3n) is 5.44. The van der Waals surface area contributed by atoms with Crippen LogP contribution in [0.25, 0.3) is 0 Å². The second-order valence-electron chi connectivity index (χ2n) is 7.34. The van der Waals surface area contributed by atoms with E-state index in [1.165, 1.54) is 29.8 Å². The second-order valence-corrected chi connectivity index (χ2v) is 7.34. The molecule has 2 aromatic heterocycles. The van der Waals surface area contributed by atoms with E-state index in [2.05, 4.69) is 25.7 Å². The number of nitrogens with one attached hydrogen (secondary N) is 1. The second kappa shape index (κ2) is 6.61. The van der Waals surface area contributed by atoms with Crippen LogP contribution in [0.5, 0.6) is 0 Å². The summed E-state index contributed by atoms with van der Waals surface area (Å²) in [6.07, 6.45) is 5.81. The molecule has 1 amide bonds. The number of tetrazole rings is 1. The molecule has 8 heteroatoms. The van der Waals surface area contributed by atoms with Crippen LogP contribution in [-0.4, -0.2) is 54.3 Å². The molecule has 5 rings (SSSR count). The third kappa shape index (κ3) is 3.22. The normalized spacial score (nSPS) is 16.8. The van der Waals surface area contributed by atoms with Crippen molar-refractivity contribution in [3.63, 3.8) is 0 Å². The number of hydrogen-bond donors (Lipinski definition) is 1. The first-order valence-corrected chi connectivity index (χ1v) is 9.43. The molecule has 0 atom stereocenters. The van der Waals surface area contributed by atoms with Crippen LogP contribution in [0.3, 0.4) is 0 Å². The van der Waals surface area contributed by atoms with Gasteiger partial charge >= 0.3 is 0 Å². The molecule has 0 unspecified atom stereocenters. The number of rotatable bonds is 4. The van der Waals surface area contributed by atoms with Crippen molar-refractivity contribution >= 4 is 5.91 Å². The SMILES string of the molecule is O=C(c1ccc(Cn2cnnn2)cc1)N1CCc2[nH]nc(C3CC3)c2CC1. The highest BCUT2D eigenvalue weighted by Crippen LogP contribution is 2.41. The number of aromatic nitrogens is 6. The highest BCUT2D eigenvalue weighted by molar-refractivity contribution is 5.94. The monoisotopic (exact) mass is 363 g/mol. The van der Waals surface area contributed by atoms with E-state index in [4.69, 9.17) is 0 Å². The number of benzene rings is 1. The Labute approximate surface area is 156 Å². The van der Waals surface area contributed by atoms with Crippen molar-refractivity contribution in [1.29, 1.82) is 0 Å². The molecular weight excluding hydrogens is 342 g/mol. The molecule has 1 saturated carbocycles. The van der Waals surface area contributed by atoms with Gasteiger partial charge in [0.2, 0.25) is 0 Å². The molecule has 1 N–H and O–H groups in total. The fourth-order valence-electron chi connectivity index (χ4n) is 3.78. The fraction of sp³-hybridized carbons (Fsp3) is 0.421. The van der Waals surface area contributed by atoms with E-state index in [-0.39, 0.29) is 5.91 Å². The summed E-state index contributed by atoms with van der Waals surface area (Å²) in [5, 5.41) is 18.9. The third-order valence-corrected chi connectivity index (χ3v) is 5.44. The molecular formula is C19H21N7O. The molecule has 0 bridgehead atoms. The summed E-state index contributed by atoms with van der Waals surface area (Å²) in [4.78, 5) is 14.9. The summed E-state index contributed by atoms with van der Waals surface area (Å²) in [7, 11) is 0. The first kappa shape index (κ1) is 16.2. The van der Waals surface area contributed by atoms with Gasteiger partial charge in [-0.1, -0.05) is 12.1 Å². The number of amides is 1. The molecule has 3 heterocycles. The highest BCUT2D eigenvalue weighted by atomic mass is 16.2. The van der Waals surface area contributed by atoms with Crippen LogP contribution in [0, 0.1) is 0 Å².